The average Bonchev–Trinajstić information content (AvgIpc) is 2.89. The number of nitriles is 1. The lowest BCUT2D eigenvalue weighted by molar-refractivity contribution is 0.424. The molecule has 0 atom stereocenters. The van der Waals surface area contributed by atoms with Gasteiger partial charge in [-0.2, -0.15) is 5.26 Å². The van der Waals surface area contributed by atoms with Gasteiger partial charge in [-0.05, 0) is 92.9 Å². The van der Waals surface area contributed by atoms with Gasteiger partial charge in [0.1, 0.15) is 11.6 Å². The smallest absolute Gasteiger partial charge is 0.125 e. The zero-order valence-corrected chi connectivity index (χ0v) is 26.3. The lowest BCUT2D eigenvalue weighted by Crippen LogP contribution is -1.95. The van der Waals surface area contributed by atoms with Crippen LogP contribution in [0.3, 0.4) is 0 Å². The second-order valence-corrected chi connectivity index (χ2v) is 8.38. The van der Waals surface area contributed by atoms with E-state index in [1.807, 2.05) is 19.9 Å². The van der Waals surface area contributed by atoms with E-state index in [1.54, 1.807) is 57.2 Å². The largest absolute Gasteiger partial charge is 0.508 e. The van der Waals surface area contributed by atoms with Gasteiger partial charge in [-0.15, -0.1) is 0 Å². The first-order valence-electron chi connectivity index (χ1n) is 12.0. The summed E-state index contributed by atoms with van der Waals surface area (Å²) in [4.78, 5) is 0. The van der Waals surface area contributed by atoms with E-state index in [0.29, 0.717) is 27.4 Å². The van der Waals surface area contributed by atoms with Crippen LogP contribution in [-0.4, -0.2) is 5.11 Å². The standard InChI is InChI=1S/C8H9N.C7H9Cl.C7H9F.C7H11N.C7H10O/c1-4-5-8(6-9)7(2)3;4*1-4-5-7(8)6(2)3/h4-5H,1-2H2,3H3;2*4-5H,1-2H2,3H3;4-5H,1-2,8H2,3H3;4-5,8H,1-2H2,3H3/b8-5-;4*7-5+. The van der Waals surface area contributed by atoms with Gasteiger partial charge in [-0.1, -0.05) is 108 Å². The van der Waals surface area contributed by atoms with E-state index in [1.165, 1.54) is 24.3 Å². The first-order chi connectivity index (χ1) is 18.9. The molecule has 0 saturated carbocycles. The van der Waals surface area contributed by atoms with Crippen molar-refractivity contribution in [2.45, 2.75) is 34.6 Å². The highest BCUT2D eigenvalue weighted by atomic mass is 35.5. The average molecular weight is 579 g/mol. The van der Waals surface area contributed by atoms with Crippen molar-refractivity contribution in [3.05, 3.63) is 182 Å². The van der Waals surface area contributed by atoms with Gasteiger partial charge in [0.2, 0.25) is 0 Å². The van der Waals surface area contributed by atoms with Crippen molar-refractivity contribution in [3.8, 4) is 6.07 Å². The van der Waals surface area contributed by atoms with Crippen molar-refractivity contribution >= 4 is 11.6 Å². The van der Waals surface area contributed by atoms with Gasteiger partial charge in [0.15, 0.2) is 0 Å². The number of halogens is 2. The number of aliphatic hydroxyl groups is 1. The Bertz CT molecular complexity index is 1010. The molecule has 3 N–H and O–H groups in total. The second-order valence-electron chi connectivity index (χ2n) is 7.98. The van der Waals surface area contributed by atoms with Crippen LogP contribution in [0.4, 0.5) is 4.39 Å². The Morgan fingerprint density at radius 2 is 1.07 bits per heavy atom. The third-order valence-electron chi connectivity index (χ3n) is 3.71. The maximum atomic E-state index is 12.2. The topological polar surface area (TPSA) is 70.0 Å². The highest BCUT2D eigenvalue weighted by Gasteiger charge is 1.90. The summed E-state index contributed by atoms with van der Waals surface area (Å²) in [5.41, 5.74) is 10.3. The lowest BCUT2D eigenvalue weighted by atomic mass is 10.1. The molecule has 0 aromatic heterocycles. The van der Waals surface area contributed by atoms with Gasteiger partial charge in [0.05, 0.1) is 11.6 Å². The Kier molecular flexibility index (Phi) is 35.7. The van der Waals surface area contributed by atoms with Crippen LogP contribution >= 0.6 is 11.6 Å². The minimum absolute atomic E-state index is 0.194. The van der Waals surface area contributed by atoms with Crippen molar-refractivity contribution in [1.82, 2.24) is 0 Å². The first kappa shape index (κ1) is 46.3. The number of rotatable bonds is 10. The molecule has 0 aliphatic carbocycles. The van der Waals surface area contributed by atoms with Crippen LogP contribution in [0.2, 0.25) is 0 Å². The van der Waals surface area contributed by atoms with E-state index in [2.05, 4.69) is 65.8 Å². The molecule has 0 bridgehead atoms. The summed E-state index contributed by atoms with van der Waals surface area (Å²) in [6.07, 6.45) is 15.6. The van der Waals surface area contributed by atoms with E-state index in [4.69, 9.17) is 27.7 Å². The second kappa shape index (κ2) is 31.6. The van der Waals surface area contributed by atoms with Crippen molar-refractivity contribution in [3.63, 3.8) is 0 Å². The number of nitrogens with zero attached hydrogens (tertiary/aromatic N) is 1. The van der Waals surface area contributed by atoms with E-state index in [9.17, 15) is 4.39 Å². The van der Waals surface area contributed by atoms with Gasteiger partial charge in [-0.25, -0.2) is 4.39 Å². The van der Waals surface area contributed by atoms with Crippen molar-refractivity contribution in [1.29, 1.82) is 5.26 Å². The molecule has 222 valence electrons. The van der Waals surface area contributed by atoms with Crippen LogP contribution in [0, 0.1) is 11.3 Å². The SMILES string of the molecule is C=C/C=C(/C#N)C(=C)C.C=C/C=C(/Cl)C(=C)C.C=C/C=C(/F)C(=C)C.C=C/C=C(/N)C(=C)C.C=C/C=C(/O)C(=C)C. The fourth-order valence-corrected chi connectivity index (χ4v) is 1.50. The minimum atomic E-state index is -0.306. The van der Waals surface area contributed by atoms with Crippen molar-refractivity contribution in [2.24, 2.45) is 5.73 Å². The fourth-order valence-electron chi connectivity index (χ4n) is 1.41. The third kappa shape index (κ3) is 37.6. The van der Waals surface area contributed by atoms with Gasteiger partial charge < -0.3 is 10.8 Å². The summed E-state index contributed by atoms with van der Waals surface area (Å²) in [7, 11) is 0. The fraction of sp³-hybridized carbons (Fsp3) is 0.139. The molecule has 0 radical (unpaired) electrons. The number of aliphatic hydroxyl groups excluding tert-OH is 1. The van der Waals surface area contributed by atoms with E-state index >= 15 is 0 Å². The third-order valence-corrected chi connectivity index (χ3v) is 4.16. The molecule has 0 heterocycles. The van der Waals surface area contributed by atoms with Crippen LogP contribution in [0.5, 0.6) is 0 Å². The Balaban J connectivity index is -0.000000132. The van der Waals surface area contributed by atoms with Gasteiger partial charge >= 0.3 is 0 Å². The minimum Gasteiger partial charge on any atom is -0.508 e. The quantitative estimate of drug-likeness (QED) is 0.154. The summed E-state index contributed by atoms with van der Waals surface area (Å²) in [5, 5.41) is 17.9. The Morgan fingerprint density at radius 1 is 0.659 bits per heavy atom. The van der Waals surface area contributed by atoms with Crippen molar-refractivity contribution < 1.29 is 9.50 Å². The Morgan fingerprint density at radius 3 is 1.20 bits per heavy atom. The predicted molar refractivity (Wildman–Crippen MR) is 185 cm³/mol. The molecule has 3 nitrogen and oxygen atoms in total. The molecule has 0 amide bonds. The van der Waals surface area contributed by atoms with Gasteiger partial charge in [0.25, 0.3) is 0 Å². The van der Waals surface area contributed by atoms with Crippen LogP contribution in [0.25, 0.3) is 0 Å². The molecule has 0 aromatic carbocycles. The van der Waals surface area contributed by atoms with Crippen LogP contribution in [0.1, 0.15) is 34.6 Å². The molecular weight excluding hydrogens is 531 g/mol. The van der Waals surface area contributed by atoms with Crippen LogP contribution in [-0.2, 0) is 0 Å². The summed E-state index contributed by atoms with van der Waals surface area (Å²) < 4.78 is 12.2. The molecule has 0 aliphatic rings. The Labute approximate surface area is 254 Å². The number of hydrogen-bond acceptors (Lipinski definition) is 3. The molecule has 5 heteroatoms. The zero-order valence-electron chi connectivity index (χ0n) is 25.6. The van der Waals surface area contributed by atoms with Crippen LogP contribution in [0.15, 0.2) is 182 Å². The van der Waals surface area contributed by atoms with Gasteiger partial charge in [-0.3, -0.25) is 0 Å². The summed E-state index contributed by atoms with van der Waals surface area (Å²) in [6.45, 7) is 43.7. The number of hydrogen-bond donors (Lipinski definition) is 2. The van der Waals surface area contributed by atoms with E-state index in [0.717, 1.165) is 16.7 Å². The molecule has 0 unspecified atom stereocenters. The molecular formula is C36H48ClFN2O. The zero-order chi connectivity index (χ0) is 33.6. The number of nitrogens with two attached hydrogens (primary N) is 1. The normalized spacial score (nSPS) is 10.7. The summed E-state index contributed by atoms with van der Waals surface area (Å²) >= 11 is 5.61. The van der Waals surface area contributed by atoms with Crippen molar-refractivity contribution in [2.75, 3.05) is 0 Å². The maximum Gasteiger partial charge on any atom is 0.125 e. The molecule has 0 saturated heterocycles. The predicted octanol–water partition coefficient (Wildman–Crippen LogP) is 11.5. The summed E-state index contributed by atoms with van der Waals surface area (Å²) in [6, 6.07) is 1.99. The molecule has 0 spiro atoms. The monoisotopic (exact) mass is 578 g/mol. The summed E-state index contributed by atoms with van der Waals surface area (Å²) in [5.74, 6) is -0.111. The van der Waals surface area contributed by atoms with Crippen LogP contribution < -0.4 is 5.73 Å². The Hall–Kier alpha value is -4.59. The molecule has 0 fully saturated rings. The van der Waals surface area contributed by atoms with Gasteiger partial charge in [0, 0.05) is 10.7 Å². The lowest BCUT2D eigenvalue weighted by Gasteiger charge is -1.93. The molecule has 0 rings (SSSR count). The molecule has 0 aliphatic heterocycles. The number of allylic oxidation sites excluding steroid dienone is 18. The highest BCUT2D eigenvalue weighted by molar-refractivity contribution is 6.31. The first-order valence-corrected chi connectivity index (χ1v) is 12.4. The maximum absolute atomic E-state index is 12.2. The molecule has 41 heavy (non-hydrogen) atoms. The highest BCUT2D eigenvalue weighted by Crippen LogP contribution is 2.10. The van der Waals surface area contributed by atoms with E-state index in [-0.39, 0.29) is 11.6 Å². The van der Waals surface area contributed by atoms with E-state index < -0.39 is 0 Å². The molecule has 0 aromatic rings.